The van der Waals surface area contributed by atoms with Crippen molar-refractivity contribution in [3.63, 3.8) is 0 Å². The number of aliphatic hydroxyl groups is 2. The minimum absolute atomic E-state index is 0.167. The average Bonchev–Trinajstić information content (AvgIpc) is 1.19. The van der Waals surface area contributed by atoms with Gasteiger partial charge in [-0.2, -0.15) is 0 Å². The van der Waals surface area contributed by atoms with Crippen LogP contribution in [0.15, 0.2) is 0 Å². The zero-order valence-electron chi connectivity index (χ0n) is 6.97. The minimum atomic E-state index is -0.500. The number of aliphatic hydroxyl groups excluding tert-OH is 1. The molecular formula is C7H18O2. The second-order valence-corrected chi connectivity index (χ2v) is 3.26. The molecule has 0 unspecified atom stereocenters. The molecule has 58 valence electrons. The highest BCUT2D eigenvalue weighted by Gasteiger charge is 1.97. The zero-order chi connectivity index (χ0) is 8.08. The van der Waals surface area contributed by atoms with Gasteiger partial charge >= 0.3 is 0 Å². The van der Waals surface area contributed by atoms with Crippen LogP contribution in [-0.2, 0) is 0 Å². The SMILES string of the molecule is CC(C)(C)O.CC(C)O. The Balaban J connectivity index is 0. The Kier molecular flexibility index (Phi) is 6.19. The molecule has 9 heavy (non-hydrogen) atoms. The van der Waals surface area contributed by atoms with Gasteiger partial charge in [0.15, 0.2) is 0 Å². The van der Waals surface area contributed by atoms with Gasteiger partial charge in [-0.05, 0) is 34.6 Å². The molecule has 0 fully saturated rings. The van der Waals surface area contributed by atoms with Crippen molar-refractivity contribution in [2.45, 2.75) is 46.3 Å². The van der Waals surface area contributed by atoms with Crippen molar-refractivity contribution >= 4 is 0 Å². The number of hydrogen-bond donors (Lipinski definition) is 2. The molecular weight excluding hydrogens is 116 g/mol. The second kappa shape index (κ2) is 4.77. The van der Waals surface area contributed by atoms with E-state index in [1.54, 1.807) is 34.6 Å². The first-order valence-electron chi connectivity index (χ1n) is 3.14. The molecule has 0 aliphatic carbocycles. The molecule has 0 aromatic rings. The summed E-state index contributed by atoms with van der Waals surface area (Å²) in [5.74, 6) is 0. The van der Waals surface area contributed by atoms with Gasteiger partial charge in [-0.1, -0.05) is 0 Å². The van der Waals surface area contributed by atoms with Crippen LogP contribution in [0.4, 0.5) is 0 Å². The van der Waals surface area contributed by atoms with E-state index >= 15 is 0 Å². The molecule has 0 aliphatic heterocycles. The third kappa shape index (κ3) is 43400. The zero-order valence-corrected chi connectivity index (χ0v) is 6.97. The molecule has 0 rings (SSSR count). The predicted octanol–water partition coefficient (Wildman–Crippen LogP) is 1.16. The fraction of sp³-hybridized carbons (Fsp3) is 1.00. The molecule has 2 nitrogen and oxygen atoms in total. The maximum Gasteiger partial charge on any atom is 0.0563 e. The standard InChI is InChI=1S/C4H10O.C3H8O/c1-4(2,3)5;1-3(2)4/h5H,1-3H3;3-4H,1-2H3. The predicted molar refractivity (Wildman–Crippen MR) is 39.3 cm³/mol. The van der Waals surface area contributed by atoms with E-state index < -0.39 is 5.60 Å². The molecule has 0 aromatic heterocycles. The van der Waals surface area contributed by atoms with Gasteiger partial charge in [0.05, 0.1) is 5.60 Å². The molecule has 2 heteroatoms. The van der Waals surface area contributed by atoms with Crippen molar-refractivity contribution in [3.8, 4) is 0 Å². The van der Waals surface area contributed by atoms with Crippen molar-refractivity contribution in [3.05, 3.63) is 0 Å². The lowest BCUT2D eigenvalue weighted by Gasteiger charge is -2.04. The summed E-state index contributed by atoms with van der Waals surface area (Å²) in [7, 11) is 0. The van der Waals surface area contributed by atoms with E-state index in [0.29, 0.717) is 0 Å². The monoisotopic (exact) mass is 134 g/mol. The van der Waals surface area contributed by atoms with Crippen LogP contribution in [-0.4, -0.2) is 21.9 Å². The van der Waals surface area contributed by atoms with Crippen LogP contribution in [0.5, 0.6) is 0 Å². The van der Waals surface area contributed by atoms with Crippen molar-refractivity contribution < 1.29 is 10.2 Å². The van der Waals surface area contributed by atoms with Gasteiger partial charge in [0.25, 0.3) is 0 Å². The van der Waals surface area contributed by atoms with Gasteiger partial charge in [0.2, 0.25) is 0 Å². The Morgan fingerprint density at radius 3 is 1.11 bits per heavy atom. The third-order valence-electron chi connectivity index (χ3n) is 0. The summed E-state index contributed by atoms with van der Waals surface area (Å²) in [5, 5.41) is 16.6. The summed E-state index contributed by atoms with van der Waals surface area (Å²) < 4.78 is 0. The lowest BCUT2D eigenvalue weighted by Crippen LogP contribution is -2.10. The summed E-state index contributed by atoms with van der Waals surface area (Å²) in [6.07, 6.45) is -0.167. The van der Waals surface area contributed by atoms with Crippen LogP contribution >= 0.6 is 0 Å². The fourth-order valence-electron chi connectivity index (χ4n) is 0. The van der Waals surface area contributed by atoms with Gasteiger partial charge in [-0.15, -0.1) is 0 Å². The summed E-state index contributed by atoms with van der Waals surface area (Å²) in [6, 6.07) is 0. The highest BCUT2D eigenvalue weighted by atomic mass is 16.3. The van der Waals surface area contributed by atoms with E-state index in [1.807, 2.05) is 0 Å². The quantitative estimate of drug-likeness (QED) is 0.522. The van der Waals surface area contributed by atoms with Crippen LogP contribution in [0.3, 0.4) is 0 Å². The van der Waals surface area contributed by atoms with E-state index in [9.17, 15) is 0 Å². The lowest BCUT2D eigenvalue weighted by molar-refractivity contribution is 0.102. The maximum absolute atomic E-state index is 8.52. The molecule has 0 saturated heterocycles. The summed E-state index contributed by atoms with van der Waals surface area (Å²) in [6.45, 7) is 8.67. The smallest absolute Gasteiger partial charge is 0.0563 e. The maximum atomic E-state index is 8.52. The normalized spacial score (nSPS) is 10.7. The Morgan fingerprint density at radius 2 is 1.11 bits per heavy atom. The van der Waals surface area contributed by atoms with Gasteiger partial charge in [0, 0.05) is 6.10 Å². The van der Waals surface area contributed by atoms with E-state index in [0.717, 1.165) is 0 Å². The summed E-state index contributed by atoms with van der Waals surface area (Å²) in [5.41, 5.74) is -0.500. The van der Waals surface area contributed by atoms with Gasteiger partial charge in [-0.3, -0.25) is 0 Å². The van der Waals surface area contributed by atoms with Crippen molar-refractivity contribution in [2.75, 3.05) is 0 Å². The lowest BCUT2D eigenvalue weighted by atomic mass is 10.2. The number of hydrogen-bond acceptors (Lipinski definition) is 2. The third-order valence-corrected chi connectivity index (χ3v) is 0. The van der Waals surface area contributed by atoms with E-state index in [4.69, 9.17) is 10.2 Å². The van der Waals surface area contributed by atoms with Crippen LogP contribution in [0.1, 0.15) is 34.6 Å². The molecule has 0 aliphatic rings. The van der Waals surface area contributed by atoms with Gasteiger partial charge in [-0.25, -0.2) is 0 Å². The molecule has 2 N–H and O–H groups in total. The van der Waals surface area contributed by atoms with E-state index in [2.05, 4.69) is 0 Å². The molecule has 0 radical (unpaired) electrons. The summed E-state index contributed by atoms with van der Waals surface area (Å²) in [4.78, 5) is 0. The molecule has 0 amide bonds. The largest absolute Gasteiger partial charge is 0.394 e. The first-order chi connectivity index (χ1) is 3.73. The highest BCUT2D eigenvalue weighted by molar-refractivity contribution is 4.50. The Labute approximate surface area is 57.5 Å². The molecule has 0 atom stereocenters. The van der Waals surface area contributed by atoms with Gasteiger partial charge in [0.1, 0.15) is 0 Å². The van der Waals surface area contributed by atoms with Crippen LogP contribution in [0, 0.1) is 0 Å². The highest BCUT2D eigenvalue weighted by Crippen LogP contribution is 1.93. The minimum Gasteiger partial charge on any atom is -0.394 e. The second-order valence-electron chi connectivity index (χ2n) is 3.26. The van der Waals surface area contributed by atoms with Crippen LogP contribution in [0.25, 0.3) is 0 Å². The topological polar surface area (TPSA) is 40.5 Å². The van der Waals surface area contributed by atoms with Crippen molar-refractivity contribution in [2.24, 2.45) is 0 Å². The number of rotatable bonds is 0. The first kappa shape index (κ1) is 11.7. The van der Waals surface area contributed by atoms with Crippen molar-refractivity contribution in [1.29, 1.82) is 0 Å². The fourth-order valence-corrected chi connectivity index (χ4v) is 0. The van der Waals surface area contributed by atoms with E-state index in [1.165, 1.54) is 0 Å². The average molecular weight is 134 g/mol. The van der Waals surface area contributed by atoms with Crippen LogP contribution in [0.2, 0.25) is 0 Å². The Morgan fingerprint density at radius 1 is 1.11 bits per heavy atom. The van der Waals surface area contributed by atoms with Crippen LogP contribution < -0.4 is 0 Å². The first-order valence-corrected chi connectivity index (χ1v) is 3.14. The van der Waals surface area contributed by atoms with E-state index in [-0.39, 0.29) is 6.10 Å². The molecule has 0 bridgehead atoms. The molecule has 0 spiro atoms. The molecule has 0 heterocycles. The van der Waals surface area contributed by atoms with Crippen molar-refractivity contribution in [1.82, 2.24) is 0 Å². The molecule has 0 saturated carbocycles. The van der Waals surface area contributed by atoms with Gasteiger partial charge < -0.3 is 10.2 Å². The summed E-state index contributed by atoms with van der Waals surface area (Å²) >= 11 is 0. The molecule has 0 aromatic carbocycles. The Hall–Kier alpha value is -0.0800. The Bertz CT molecular complexity index is 43.7.